The molecule has 0 aliphatic carbocycles. The molecule has 0 aromatic heterocycles. The monoisotopic (exact) mass is 276 g/mol. The normalized spacial score (nSPS) is 9.83. The van der Waals surface area contributed by atoms with Gasteiger partial charge in [0.2, 0.25) is 0 Å². The molecule has 0 rings (SSSR count). The second-order valence-corrected chi connectivity index (χ2v) is 2.58. The molecule has 0 N–H and O–H groups in total. The molecule has 0 heterocycles. The molecule has 0 aromatic carbocycles. The molecule has 6 nitrogen and oxygen atoms in total. The molecule has 0 spiro atoms. The Morgan fingerprint density at radius 3 is 0.750 bits per heavy atom. The van der Waals surface area contributed by atoms with Crippen LogP contribution in [0.25, 0.3) is 0 Å². The van der Waals surface area contributed by atoms with E-state index in [1.54, 1.807) is 0 Å². The molecule has 12 heteroatoms. The zero-order chi connectivity index (χ0) is 9.00. The molecule has 0 aromatic rings. The van der Waals surface area contributed by atoms with E-state index in [0.717, 1.165) is 0 Å². The number of hydrogen-bond acceptors (Lipinski definition) is 6. The quantitative estimate of drug-likeness (QED) is 0.339. The number of halogens is 2. The van der Waals surface area contributed by atoms with Gasteiger partial charge in [0, 0.05) is 0 Å². The Kier molecular flexibility index (Phi) is 20.5. The Morgan fingerprint density at radius 1 is 0.750 bits per heavy atom. The van der Waals surface area contributed by atoms with Crippen molar-refractivity contribution in [1.29, 1.82) is 0 Å². The van der Waals surface area contributed by atoms with Crippen molar-refractivity contribution < 1.29 is 37.1 Å². The SMILES string of the molecule is O=P([O-])([O-])F.O=P([O-])([O-])F.[Ca+2].[Ca+2]. The maximum absolute atomic E-state index is 10.1. The average molecular weight is 276 g/mol. The molecular weight excluding hydrogens is 276 g/mol. The van der Waals surface area contributed by atoms with E-state index in [1.165, 1.54) is 0 Å². The van der Waals surface area contributed by atoms with Crippen LogP contribution < -0.4 is 19.6 Å². The van der Waals surface area contributed by atoms with Crippen molar-refractivity contribution in [3.05, 3.63) is 0 Å². The van der Waals surface area contributed by atoms with Gasteiger partial charge in [-0.3, -0.25) is 0 Å². The summed E-state index contributed by atoms with van der Waals surface area (Å²) < 4.78 is 37.1. The second-order valence-electron chi connectivity index (χ2n) is 0.861. The summed E-state index contributed by atoms with van der Waals surface area (Å²) in [5.41, 5.74) is 0. The fourth-order valence-electron chi connectivity index (χ4n) is 0. The van der Waals surface area contributed by atoms with Gasteiger partial charge in [-0.25, -0.2) is 8.39 Å². The molecule has 0 bridgehead atoms. The molecule has 0 radical (unpaired) electrons. The van der Waals surface area contributed by atoms with Gasteiger partial charge in [0.15, 0.2) is 0 Å². The van der Waals surface area contributed by atoms with Gasteiger partial charge in [-0.15, -0.1) is 0 Å². The summed E-state index contributed by atoms with van der Waals surface area (Å²) in [5.74, 6) is 0. The van der Waals surface area contributed by atoms with Crippen LogP contribution >= 0.6 is 15.8 Å². The molecule has 0 fully saturated rings. The number of hydrogen-bond donors (Lipinski definition) is 0. The summed E-state index contributed by atoms with van der Waals surface area (Å²) >= 11 is 0. The minimum absolute atomic E-state index is 0. The summed E-state index contributed by atoms with van der Waals surface area (Å²) in [6.45, 7) is 0. The van der Waals surface area contributed by atoms with E-state index >= 15 is 0 Å². The third kappa shape index (κ3) is 241. The van der Waals surface area contributed by atoms with Gasteiger partial charge in [0.1, 0.15) is 15.8 Å². The molecule has 12 heavy (non-hydrogen) atoms. The van der Waals surface area contributed by atoms with Crippen molar-refractivity contribution in [1.82, 2.24) is 0 Å². The molecule has 0 saturated heterocycles. The minimum Gasteiger partial charge on any atom is -0.786 e. The first-order chi connectivity index (χ1) is 4.00. The van der Waals surface area contributed by atoms with Crippen LogP contribution in [0, 0.1) is 0 Å². The van der Waals surface area contributed by atoms with Crippen molar-refractivity contribution in [2.75, 3.05) is 0 Å². The zero-order valence-corrected chi connectivity index (χ0v) is 11.7. The van der Waals surface area contributed by atoms with Crippen LogP contribution in [0.15, 0.2) is 0 Å². The topological polar surface area (TPSA) is 126 Å². The van der Waals surface area contributed by atoms with Crippen molar-refractivity contribution >= 4 is 91.3 Å². The van der Waals surface area contributed by atoms with E-state index in [0.29, 0.717) is 0 Å². The average Bonchev–Trinajstić information content (AvgIpc) is 1.12. The zero-order valence-electron chi connectivity index (χ0n) is 5.51. The van der Waals surface area contributed by atoms with Crippen LogP contribution in [0.3, 0.4) is 0 Å². The summed E-state index contributed by atoms with van der Waals surface area (Å²) in [6, 6.07) is 0. The smallest absolute Gasteiger partial charge is 0.786 e. The predicted octanol–water partition coefficient (Wildman–Crippen LogP) is -3.19. The van der Waals surface area contributed by atoms with Crippen molar-refractivity contribution in [3.63, 3.8) is 0 Å². The summed E-state index contributed by atoms with van der Waals surface area (Å²) in [4.78, 5) is 33.8. The maximum Gasteiger partial charge on any atom is 2.00 e. The fraction of sp³-hybridized carbons (Fsp3) is 0. The Morgan fingerprint density at radius 2 is 0.750 bits per heavy atom. The van der Waals surface area contributed by atoms with Crippen LogP contribution in [0.2, 0.25) is 0 Å². The summed E-state index contributed by atoms with van der Waals surface area (Å²) in [6.07, 6.45) is 0. The fourth-order valence-corrected chi connectivity index (χ4v) is 0. The molecule has 0 atom stereocenters. The van der Waals surface area contributed by atoms with Gasteiger partial charge in [0.05, 0.1) is 0 Å². The summed E-state index contributed by atoms with van der Waals surface area (Å²) in [5, 5.41) is 0. The van der Waals surface area contributed by atoms with E-state index in [-0.39, 0.29) is 75.5 Å². The maximum atomic E-state index is 10.1. The van der Waals surface area contributed by atoms with Gasteiger partial charge < -0.3 is 28.7 Å². The van der Waals surface area contributed by atoms with E-state index in [4.69, 9.17) is 28.7 Å². The number of rotatable bonds is 0. The Labute approximate surface area is 126 Å². The van der Waals surface area contributed by atoms with Crippen LogP contribution in [0.4, 0.5) is 8.39 Å². The molecular formula is Ca2F2O6P2. The van der Waals surface area contributed by atoms with Crippen molar-refractivity contribution in [3.8, 4) is 0 Å². The van der Waals surface area contributed by atoms with Crippen LogP contribution in [0.1, 0.15) is 0 Å². The minimum atomic E-state index is -5.64. The van der Waals surface area contributed by atoms with Gasteiger partial charge in [-0.1, -0.05) is 0 Å². The Hall–Kier alpha value is 2.68. The first-order valence-corrected chi connectivity index (χ1v) is 4.30. The van der Waals surface area contributed by atoms with Gasteiger partial charge in [0.25, 0.3) is 0 Å². The molecule has 0 aliphatic rings. The summed E-state index contributed by atoms with van der Waals surface area (Å²) in [7, 11) is -11.3. The van der Waals surface area contributed by atoms with Crippen LogP contribution in [-0.4, -0.2) is 75.5 Å². The molecule has 0 aliphatic heterocycles. The third-order valence-electron chi connectivity index (χ3n) is 0. The van der Waals surface area contributed by atoms with Gasteiger partial charge in [-0.05, 0) is 0 Å². The first kappa shape index (κ1) is 24.1. The second kappa shape index (κ2) is 10.2. The third-order valence-corrected chi connectivity index (χ3v) is 0. The first-order valence-electron chi connectivity index (χ1n) is 1.43. The predicted molar refractivity (Wildman–Crippen MR) is 28.9 cm³/mol. The van der Waals surface area contributed by atoms with E-state index in [1.807, 2.05) is 0 Å². The van der Waals surface area contributed by atoms with E-state index in [9.17, 15) is 8.39 Å². The Bertz CT molecular complexity index is 134. The Balaban J connectivity index is -0.0000000457. The van der Waals surface area contributed by atoms with E-state index < -0.39 is 15.8 Å². The van der Waals surface area contributed by atoms with Crippen LogP contribution in [0.5, 0.6) is 0 Å². The molecule has 0 unspecified atom stereocenters. The van der Waals surface area contributed by atoms with Crippen LogP contribution in [-0.2, 0) is 9.13 Å². The molecule has 0 amide bonds. The van der Waals surface area contributed by atoms with Gasteiger partial charge >= 0.3 is 75.5 Å². The van der Waals surface area contributed by atoms with Crippen molar-refractivity contribution in [2.24, 2.45) is 0 Å². The molecule has 0 saturated carbocycles. The molecule has 64 valence electrons. The van der Waals surface area contributed by atoms with Crippen molar-refractivity contribution in [2.45, 2.75) is 0 Å². The van der Waals surface area contributed by atoms with E-state index in [2.05, 4.69) is 0 Å². The van der Waals surface area contributed by atoms with Gasteiger partial charge in [-0.2, -0.15) is 0 Å². The standard InChI is InChI=1S/2Ca.2FH2O3P/c;;2*1-5(2,3)4/h;;2*(H2,2,3,4)/q2*+2;;/p-4. The largest absolute Gasteiger partial charge is 2.00 e.